The van der Waals surface area contributed by atoms with Gasteiger partial charge in [-0.1, -0.05) is 172 Å². The van der Waals surface area contributed by atoms with E-state index in [9.17, 15) is 29.1 Å². The van der Waals surface area contributed by atoms with Crippen molar-refractivity contribution in [3.63, 3.8) is 0 Å². The number of ketones is 3. The number of carbonyl (C=O) groups excluding carboxylic acids is 5. The minimum Gasteiger partial charge on any atom is -0.870 e. The first-order valence-corrected chi connectivity index (χ1v) is 46.2. The molecule has 0 saturated heterocycles. The zero-order valence-corrected chi connectivity index (χ0v) is 78.2. The van der Waals surface area contributed by atoms with Gasteiger partial charge < -0.3 is 20.1 Å². The van der Waals surface area contributed by atoms with Crippen LogP contribution in [0.4, 0.5) is 0 Å². The van der Waals surface area contributed by atoms with Crippen LogP contribution in [0.25, 0.3) is 0 Å². The van der Waals surface area contributed by atoms with Gasteiger partial charge in [0.2, 0.25) is 0 Å². The van der Waals surface area contributed by atoms with E-state index in [-0.39, 0.29) is 131 Å². The first-order valence-electron chi connectivity index (χ1n) is 44.2. The second-order valence-corrected chi connectivity index (χ2v) is 46.6. The monoisotopic (exact) mass is 1520 g/mol. The van der Waals surface area contributed by atoms with Crippen LogP contribution in [-0.2, 0) is 28.7 Å². The summed E-state index contributed by atoms with van der Waals surface area (Å²) in [6.07, 6.45) is 32.7. The number of hydrogen-bond donors (Lipinski definition) is 1. The molecule has 12 fully saturated rings. The molecule has 0 bridgehead atoms. The molecule has 0 aromatic rings. The molecule has 2 N–H and O–H groups in total. The van der Waals surface area contributed by atoms with Gasteiger partial charge in [0.1, 0.15) is 12.9 Å². The van der Waals surface area contributed by atoms with E-state index in [0.29, 0.717) is 93.1 Å². The largest absolute Gasteiger partial charge is 1.00 e. The maximum Gasteiger partial charge on any atom is 1.00 e. The van der Waals surface area contributed by atoms with E-state index in [2.05, 4.69) is 179 Å². The molecule has 0 aromatic heterocycles. The van der Waals surface area contributed by atoms with Crippen LogP contribution in [0.1, 0.15) is 346 Å². The third-order valence-corrected chi connectivity index (χ3v) is 40.4. The Morgan fingerprint density at radius 1 is 0.421 bits per heavy atom. The third-order valence-electron chi connectivity index (χ3n) is 40.4. The van der Waals surface area contributed by atoms with Crippen LogP contribution in [0, 0.1) is 170 Å². The van der Waals surface area contributed by atoms with Gasteiger partial charge in [-0.05, 0) is 349 Å². The number of aliphatic hydroxyl groups is 1. The Hall–Kier alpha value is -0.644. The number of hydrogen-bond acceptors (Lipinski definition) is 8. The predicted octanol–water partition coefficient (Wildman–Crippen LogP) is 21.3. The SMILES string of the molecule is CC(=O)OC[C@@]12CC[C@]3(C)[C@H](CC[C@@H]4[C@@]5(C)CC[C@H](C)C(C)(C)[C@@H]5CC[C@]43C)C1=C(C(C)C)C(=O)C2.CC(C)C1=C2[C@H]3CC[C@@H]4[C@@]5(C)CC[C@H](C)C(C)(C)[C@@H]5CC[C@@]4(C)[C@]3(C)CC[C@@]2(C=O)CC1=O.CC(C)C1=C2[C@H]3CC[C@@H]4[C@@]5(C)CC[C@H](C)C(C)(C)[C@@H]5CC[C@@]4(C)[C@]3(C)CC[C@@]2(CO)CC1=O.CPC.[K+].[OH-]. The number of carbonyl (C=O) groups is 5. The molecular weight excluding hydrogens is 1360 g/mol. The summed E-state index contributed by atoms with van der Waals surface area (Å²) in [4.78, 5) is 64.4. The van der Waals surface area contributed by atoms with Gasteiger partial charge in [0, 0.05) is 37.0 Å². The number of aldehydes is 1. The molecule has 24 atom stereocenters. The topological polar surface area (TPSA) is 145 Å². The fourth-order valence-corrected chi connectivity index (χ4v) is 33.4. The Labute approximate surface area is 699 Å². The maximum atomic E-state index is 13.5. The van der Waals surface area contributed by atoms with Crippen LogP contribution < -0.4 is 51.4 Å². The Morgan fingerprint density at radius 3 is 1.05 bits per heavy atom. The summed E-state index contributed by atoms with van der Waals surface area (Å²) in [5.74, 6) is 9.85. The summed E-state index contributed by atoms with van der Waals surface area (Å²) in [5.41, 5.74) is 10.4. The van der Waals surface area contributed by atoms with Crippen molar-refractivity contribution < 1.29 is 90.7 Å². The van der Waals surface area contributed by atoms with Crippen LogP contribution in [0.5, 0.6) is 0 Å². The van der Waals surface area contributed by atoms with Crippen molar-refractivity contribution >= 4 is 38.2 Å². The van der Waals surface area contributed by atoms with Crippen LogP contribution in [0.3, 0.4) is 0 Å². The van der Waals surface area contributed by atoms with E-state index in [1.807, 2.05) is 0 Å². The van der Waals surface area contributed by atoms with Crippen molar-refractivity contribution in [3.05, 3.63) is 33.4 Å². The second kappa shape index (κ2) is 29.8. The fraction of sp³-hybridized carbons (Fsp3) is 0.887. The zero-order valence-electron chi connectivity index (χ0n) is 74.1. The van der Waals surface area contributed by atoms with Gasteiger partial charge >= 0.3 is 57.4 Å². The minimum absolute atomic E-state index is 0. The number of rotatable bonds is 7. The molecule has 0 radical (unpaired) electrons. The van der Waals surface area contributed by atoms with Crippen LogP contribution in [-0.4, -0.2) is 66.7 Å². The molecule has 12 saturated carbocycles. The molecule has 0 aromatic carbocycles. The van der Waals surface area contributed by atoms with E-state index in [1.165, 1.54) is 152 Å². The summed E-state index contributed by atoms with van der Waals surface area (Å²) in [7, 11) is 1.08. The molecule has 15 rings (SSSR count). The van der Waals surface area contributed by atoms with Crippen LogP contribution in [0.15, 0.2) is 33.4 Å². The maximum absolute atomic E-state index is 13.5. The molecular formula is C97H158KO8P. The number of fused-ring (bicyclic) bond motifs is 21. The summed E-state index contributed by atoms with van der Waals surface area (Å²) >= 11 is 0. The summed E-state index contributed by atoms with van der Waals surface area (Å²) in [6.45, 7) is 66.1. The molecule has 0 unspecified atom stereocenters. The van der Waals surface area contributed by atoms with Gasteiger partial charge in [-0.25, -0.2) is 0 Å². The molecule has 0 heterocycles. The zero-order chi connectivity index (χ0) is 77.6. The number of ether oxygens (including phenoxy) is 1. The molecule has 0 aliphatic heterocycles. The van der Waals surface area contributed by atoms with Crippen molar-refractivity contribution in [2.45, 2.75) is 346 Å². The molecule has 0 amide bonds. The Balaban J connectivity index is 0.000000167. The van der Waals surface area contributed by atoms with Crippen LogP contribution in [0.2, 0.25) is 0 Å². The van der Waals surface area contributed by atoms with Gasteiger partial charge in [-0.3, -0.25) is 19.2 Å². The van der Waals surface area contributed by atoms with E-state index < -0.39 is 5.41 Å². The van der Waals surface area contributed by atoms with Crippen LogP contribution >= 0.6 is 8.58 Å². The minimum atomic E-state index is -0.493. The molecule has 15 aliphatic carbocycles. The van der Waals surface area contributed by atoms with Gasteiger partial charge in [0.25, 0.3) is 0 Å². The number of Topliss-reactive ketones (excluding diaryl/α,β-unsaturated/α-hetero) is 3. The average molecular weight is 1520 g/mol. The predicted molar refractivity (Wildman–Crippen MR) is 438 cm³/mol. The third kappa shape index (κ3) is 12.6. The standard InChI is InChI=1S/C33H52O3.C31H50O2.C31H48O2.C2H7P.K.H2O/c1-20(2)27-24(35)18-33(19-36-22(4)34)17-16-31(8)23(28(27)33)10-11-26-30(7)14-12-21(3)29(5,6)25(30)13-15-32(26,31)9;2*1-19(2)25-22(33)17-31(18-32)16-15-29(7)21(26(25)31)9-10-24-28(6)13-11-20(3)27(4,5)23(28)12-14-30(24,29)8;1-3-2;;/h20-21,23,25-26H,10-19H2,1-9H3;19-21,23-24,32H,9-18H2,1-8H3;18-21,23-24H,9-17H2,1-8H3;3H,1-2H3;;1H2/q;;;;+1;/p-1/t21-,23+,25-,26+,30-,31+,32+,33-;2*20-,21+,23-,24+,28-,29+,30+,31-;;;/m000.../s1. The first kappa shape index (κ1) is 88.7. The molecule has 600 valence electrons. The smallest absolute Gasteiger partial charge is 0.870 e. The van der Waals surface area contributed by atoms with Gasteiger partial charge in [0.15, 0.2) is 17.3 Å². The number of allylic oxidation sites excluding steroid dienone is 4. The molecule has 15 aliphatic rings. The molecule has 107 heavy (non-hydrogen) atoms. The fourth-order valence-electron chi connectivity index (χ4n) is 33.4. The van der Waals surface area contributed by atoms with Crippen molar-refractivity contribution in [1.82, 2.24) is 0 Å². The molecule has 0 spiro atoms. The van der Waals surface area contributed by atoms with E-state index in [4.69, 9.17) is 4.74 Å². The number of aliphatic hydroxyl groups excluding tert-OH is 1. The normalized spacial score (nSPS) is 47.7. The van der Waals surface area contributed by atoms with Gasteiger partial charge in [-0.15, -0.1) is 8.58 Å². The summed E-state index contributed by atoms with van der Waals surface area (Å²) in [6, 6.07) is 0. The Morgan fingerprint density at radius 2 is 0.720 bits per heavy atom. The summed E-state index contributed by atoms with van der Waals surface area (Å²) < 4.78 is 5.70. The average Bonchev–Trinajstić information content (AvgIpc) is 1.64. The Bertz CT molecular complexity index is 3530. The van der Waals surface area contributed by atoms with Crippen molar-refractivity contribution in [2.24, 2.45) is 170 Å². The quantitative estimate of drug-likeness (QED) is 0.115. The van der Waals surface area contributed by atoms with E-state index in [1.54, 1.807) is 0 Å². The Kier molecular flexibility index (Phi) is 24.7. The van der Waals surface area contributed by atoms with E-state index >= 15 is 0 Å². The van der Waals surface area contributed by atoms with Crippen molar-refractivity contribution in [1.29, 1.82) is 0 Å². The van der Waals surface area contributed by atoms with Gasteiger partial charge in [-0.2, -0.15) is 0 Å². The van der Waals surface area contributed by atoms with E-state index in [0.717, 1.165) is 111 Å². The van der Waals surface area contributed by atoms with Gasteiger partial charge in [0.05, 0.1) is 12.0 Å². The first-order chi connectivity index (χ1) is 48.6. The van der Waals surface area contributed by atoms with Crippen molar-refractivity contribution in [3.8, 4) is 0 Å². The summed E-state index contributed by atoms with van der Waals surface area (Å²) in [5, 5.41) is 10.6. The molecule has 10 heteroatoms. The molecule has 8 nitrogen and oxygen atoms in total. The second-order valence-electron chi connectivity index (χ2n) is 45.6. The van der Waals surface area contributed by atoms with Crippen molar-refractivity contribution in [2.75, 3.05) is 26.5 Å². The number of esters is 1.